The largest absolute Gasteiger partial charge is 0.378 e. The van der Waals surface area contributed by atoms with Crippen molar-refractivity contribution in [1.29, 1.82) is 0 Å². The topological polar surface area (TPSA) is 54.0 Å². The molecule has 1 atom stereocenters. The number of aryl methyl sites for hydroxylation is 1. The Balaban J connectivity index is 2.04. The van der Waals surface area contributed by atoms with Gasteiger partial charge in [-0.25, -0.2) is 0 Å². The van der Waals surface area contributed by atoms with E-state index in [1.807, 2.05) is 32.2 Å². The maximum Gasteiger partial charge on any atom is 0.256 e. The molecule has 0 bridgehead atoms. The molecule has 1 aromatic heterocycles. The van der Waals surface area contributed by atoms with Crippen molar-refractivity contribution in [3.05, 3.63) is 47.2 Å². The van der Waals surface area contributed by atoms with E-state index < -0.39 is 0 Å². The van der Waals surface area contributed by atoms with Crippen LogP contribution in [0.5, 0.6) is 0 Å². The molecule has 0 radical (unpaired) electrons. The number of hydrogen-bond acceptors (Lipinski definition) is 4. The van der Waals surface area contributed by atoms with E-state index in [1.165, 1.54) is 17.1 Å². The summed E-state index contributed by atoms with van der Waals surface area (Å²) in [7, 11) is 1.81. The highest BCUT2D eigenvalue weighted by molar-refractivity contribution is 7.10. The normalized spacial score (nSPS) is 12.0. The summed E-state index contributed by atoms with van der Waals surface area (Å²) in [6.45, 7) is 4.64. The van der Waals surface area contributed by atoms with E-state index in [0.29, 0.717) is 18.0 Å². The van der Waals surface area contributed by atoms with Crippen LogP contribution in [0.2, 0.25) is 0 Å². The summed E-state index contributed by atoms with van der Waals surface area (Å²) in [6, 6.07) is 10.3. The molecule has 0 saturated carbocycles. The molecule has 2 rings (SSSR count). The van der Waals surface area contributed by atoms with Crippen molar-refractivity contribution in [3.63, 3.8) is 0 Å². The molecule has 1 aromatic carbocycles. The molecule has 2 N–H and O–H groups in total. The van der Waals surface area contributed by atoms with Crippen molar-refractivity contribution in [1.82, 2.24) is 9.69 Å². The van der Waals surface area contributed by atoms with Crippen LogP contribution in [0.4, 0.5) is 5.00 Å². The zero-order valence-corrected chi connectivity index (χ0v) is 13.5. The van der Waals surface area contributed by atoms with Gasteiger partial charge >= 0.3 is 0 Å². The minimum atomic E-state index is -0.0556. The third-order valence-electron chi connectivity index (χ3n) is 3.59. The van der Waals surface area contributed by atoms with E-state index >= 15 is 0 Å². The Morgan fingerprint density at radius 3 is 2.67 bits per heavy atom. The molecule has 0 fully saturated rings. The fraction of sp³-hybridized carbons (Fsp3) is 0.375. The van der Waals surface area contributed by atoms with Crippen LogP contribution in [0.15, 0.2) is 30.3 Å². The van der Waals surface area contributed by atoms with Gasteiger partial charge in [0.1, 0.15) is 5.00 Å². The predicted molar refractivity (Wildman–Crippen MR) is 88.2 cm³/mol. The number of amides is 1. The zero-order chi connectivity index (χ0) is 15.2. The Kier molecular flexibility index (Phi) is 5.33. The van der Waals surface area contributed by atoms with Crippen LogP contribution < -0.4 is 10.6 Å². The van der Waals surface area contributed by atoms with Crippen LogP contribution in [0.3, 0.4) is 0 Å². The van der Waals surface area contributed by atoms with Gasteiger partial charge in [-0.2, -0.15) is 4.37 Å². The first-order valence-electron chi connectivity index (χ1n) is 7.14. The first-order valence-corrected chi connectivity index (χ1v) is 7.91. The van der Waals surface area contributed by atoms with Gasteiger partial charge in [-0.15, -0.1) is 0 Å². The van der Waals surface area contributed by atoms with Crippen molar-refractivity contribution in [2.24, 2.45) is 0 Å². The lowest BCUT2D eigenvalue weighted by molar-refractivity contribution is 0.0951. The predicted octanol–water partition coefficient (Wildman–Crippen LogP) is 3.42. The smallest absolute Gasteiger partial charge is 0.256 e. The van der Waals surface area contributed by atoms with E-state index in [-0.39, 0.29) is 5.91 Å². The Morgan fingerprint density at radius 2 is 2.05 bits per heavy atom. The van der Waals surface area contributed by atoms with Gasteiger partial charge in [0.25, 0.3) is 5.91 Å². The lowest BCUT2D eigenvalue weighted by Gasteiger charge is -2.16. The van der Waals surface area contributed by atoms with Gasteiger partial charge in [-0.1, -0.05) is 37.3 Å². The SMILES string of the molecule is CCC(CNC(=O)c1c(C)nsc1NC)c1ccccc1. The molecule has 1 unspecified atom stereocenters. The number of hydrogen-bond donors (Lipinski definition) is 2. The van der Waals surface area contributed by atoms with Crippen molar-refractivity contribution in [2.75, 3.05) is 18.9 Å². The molecule has 1 amide bonds. The fourth-order valence-corrected chi connectivity index (χ4v) is 3.08. The van der Waals surface area contributed by atoms with Crippen LogP contribution >= 0.6 is 11.5 Å². The van der Waals surface area contributed by atoms with Crippen LogP contribution in [-0.4, -0.2) is 23.9 Å². The van der Waals surface area contributed by atoms with Crippen LogP contribution in [-0.2, 0) is 0 Å². The maximum atomic E-state index is 12.4. The number of aromatic nitrogens is 1. The third-order valence-corrected chi connectivity index (χ3v) is 4.55. The third kappa shape index (κ3) is 3.61. The zero-order valence-electron chi connectivity index (χ0n) is 12.6. The van der Waals surface area contributed by atoms with E-state index in [0.717, 1.165) is 17.1 Å². The highest BCUT2D eigenvalue weighted by Crippen LogP contribution is 2.24. The summed E-state index contributed by atoms with van der Waals surface area (Å²) in [6.07, 6.45) is 0.990. The second-order valence-corrected chi connectivity index (χ2v) is 5.72. The highest BCUT2D eigenvalue weighted by Gasteiger charge is 2.18. The maximum absolute atomic E-state index is 12.4. The number of nitrogens with one attached hydrogen (secondary N) is 2. The fourth-order valence-electron chi connectivity index (χ4n) is 2.34. The van der Waals surface area contributed by atoms with Crippen molar-refractivity contribution in [2.45, 2.75) is 26.2 Å². The molecule has 4 nitrogen and oxygen atoms in total. The second-order valence-electron chi connectivity index (χ2n) is 4.95. The molecular weight excluding hydrogens is 282 g/mol. The molecule has 112 valence electrons. The first kappa shape index (κ1) is 15.5. The number of rotatable bonds is 6. The molecule has 0 spiro atoms. The molecule has 1 heterocycles. The van der Waals surface area contributed by atoms with Crippen LogP contribution in [0.25, 0.3) is 0 Å². The summed E-state index contributed by atoms with van der Waals surface area (Å²) in [5.41, 5.74) is 2.69. The lowest BCUT2D eigenvalue weighted by atomic mass is 9.96. The van der Waals surface area contributed by atoms with Gasteiger partial charge in [0.05, 0.1) is 11.3 Å². The summed E-state index contributed by atoms with van der Waals surface area (Å²) in [4.78, 5) is 12.4. The number of benzene rings is 1. The number of carbonyl (C=O) groups excluding carboxylic acids is 1. The van der Waals surface area contributed by atoms with Gasteiger partial charge < -0.3 is 10.6 Å². The van der Waals surface area contributed by atoms with Crippen molar-refractivity contribution in [3.8, 4) is 0 Å². The van der Waals surface area contributed by atoms with Crippen LogP contribution in [0, 0.1) is 6.92 Å². The monoisotopic (exact) mass is 303 g/mol. The van der Waals surface area contributed by atoms with E-state index in [4.69, 9.17) is 0 Å². The van der Waals surface area contributed by atoms with E-state index in [1.54, 1.807) is 0 Å². The molecule has 0 saturated heterocycles. The molecule has 2 aromatic rings. The first-order chi connectivity index (χ1) is 10.2. The summed E-state index contributed by atoms with van der Waals surface area (Å²) in [5.74, 6) is 0.278. The number of nitrogens with zero attached hydrogens (tertiary/aromatic N) is 1. The van der Waals surface area contributed by atoms with Crippen LogP contribution in [0.1, 0.15) is 40.9 Å². The Morgan fingerprint density at radius 1 is 1.33 bits per heavy atom. The minimum absolute atomic E-state index is 0.0556. The van der Waals surface area contributed by atoms with E-state index in [2.05, 4.69) is 34.1 Å². The molecule has 0 aliphatic rings. The van der Waals surface area contributed by atoms with Gasteiger partial charge in [-0.05, 0) is 30.4 Å². The molecule has 0 aliphatic heterocycles. The molecule has 5 heteroatoms. The van der Waals surface area contributed by atoms with Gasteiger partial charge in [0.15, 0.2) is 0 Å². The average molecular weight is 303 g/mol. The summed E-state index contributed by atoms with van der Waals surface area (Å²) in [5, 5.41) is 6.88. The Labute approximate surface area is 129 Å². The quantitative estimate of drug-likeness (QED) is 0.860. The van der Waals surface area contributed by atoms with Gasteiger partial charge in [0, 0.05) is 19.5 Å². The standard InChI is InChI=1S/C16H21N3OS/c1-4-12(13-8-6-5-7-9-13)10-18-15(20)14-11(2)19-21-16(14)17-3/h5-9,12,17H,4,10H2,1-3H3,(H,18,20). The number of anilines is 1. The van der Waals surface area contributed by atoms with E-state index in [9.17, 15) is 4.79 Å². The molecule has 21 heavy (non-hydrogen) atoms. The lowest BCUT2D eigenvalue weighted by Crippen LogP contribution is -2.29. The van der Waals surface area contributed by atoms with Crippen molar-refractivity contribution < 1.29 is 4.79 Å². The number of carbonyl (C=O) groups is 1. The summed E-state index contributed by atoms with van der Waals surface area (Å²) >= 11 is 1.32. The second kappa shape index (κ2) is 7.22. The average Bonchev–Trinajstić information content (AvgIpc) is 2.89. The van der Waals surface area contributed by atoms with Gasteiger partial charge in [-0.3, -0.25) is 4.79 Å². The minimum Gasteiger partial charge on any atom is -0.378 e. The van der Waals surface area contributed by atoms with Gasteiger partial charge in [0.2, 0.25) is 0 Å². The van der Waals surface area contributed by atoms with Crippen molar-refractivity contribution >= 4 is 22.4 Å². The summed E-state index contributed by atoms with van der Waals surface area (Å²) < 4.78 is 4.23. The Bertz CT molecular complexity index is 595. The molecule has 0 aliphatic carbocycles. The highest BCUT2D eigenvalue weighted by atomic mass is 32.1. The Hall–Kier alpha value is -1.88. The molecular formula is C16H21N3OS.